The van der Waals surface area contributed by atoms with Gasteiger partial charge in [0.1, 0.15) is 0 Å². The van der Waals surface area contributed by atoms with E-state index < -0.39 is 6.04 Å². The first-order chi connectivity index (χ1) is 7.32. The summed E-state index contributed by atoms with van der Waals surface area (Å²) in [6.07, 6.45) is 3.42. The van der Waals surface area contributed by atoms with E-state index in [1.807, 2.05) is 20.8 Å². The molecule has 0 fully saturated rings. The topological polar surface area (TPSA) is 56.0 Å². The smallest absolute Gasteiger partial charge is 0.154 e. The number of carbonyl (C=O) groups excluding carboxylic acids is 1. The minimum Gasteiger partial charge on any atom is -0.321 e. The van der Waals surface area contributed by atoms with Crippen molar-refractivity contribution in [2.45, 2.75) is 33.2 Å². The molecule has 0 saturated heterocycles. The molecule has 2 N–H and O–H groups in total. The summed E-state index contributed by atoms with van der Waals surface area (Å²) in [5.74, 6) is 0.000556. The van der Waals surface area contributed by atoms with Crippen LogP contribution in [0.4, 0.5) is 0 Å². The van der Waals surface area contributed by atoms with Crippen molar-refractivity contribution in [1.29, 1.82) is 0 Å². The van der Waals surface area contributed by atoms with Crippen LogP contribution in [-0.4, -0.2) is 16.8 Å². The molecule has 0 aliphatic carbocycles. The number of pyridine rings is 1. The lowest BCUT2D eigenvalue weighted by atomic mass is 9.83. The molecule has 3 nitrogen and oxygen atoms in total. The average Bonchev–Trinajstić information content (AvgIpc) is 2.19. The third kappa shape index (κ3) is 3.29. The van der Waals surface area contributed by atoms with Crippen molar-refractivity contribution in [2.24, 2.45) is 11.1 Å². The van der Waals surface area contributed by atoms with E-state index in [1.165, 1.54) is 6.20 Å². The molecule has 1 unspecified atom stereocenters. The Morgan fingerprint density at radius 2 is 2.19 bits per heavy atom. The van der Waals surface area contributed by atoms with Gasteiger partial charge in [-0.25, -0.2) is 0 Å². The Bertz CT molecular complexity index is 385. The summed E-state index contributed by atoms with van der Waals surface area (Å²) in [4.78, 5) is 15.8. The van der Waals surface area contributed by atoms with Gasteiger partial charge in [0, 0.05) is 18.8 Å². The highest BCUT2D eigenvalue weighted by Gasteiger charge is 2.27. The van der Waals surface area contributed by atoms with Gasteiger partial charge in [0.25, 0.3) is 0 Å². The summed E-state index contributed by atoms with van der Waals surface area (Å²) < 4.78 is 0. The van der Waals surface area contributed by atoms with E-state index in [2.05, 4.69) is 4.98 Å². The van der Waals surface area contributed by atoms with Gasteiger partial charge >= 0.3 is 0 Å². The zero-order valence-corrected chi connectivity index (χ0v) is 10.6. The molecule has 0 aromatic carbocycles. The highest BCUT2D eigenvalue weighted by atomic mass is 35.5. The van der Waals surface area contributed by atoms with Gasteiger partial charge in [0.05, 0.1) is 11.1 Å². The molecule has 4 heteroatoms. The van der Waals surface area contributed by atoms with Crippen LogP contribution in [0.5, 0.6) is 0 Å². The number of hydrogen-bond donors (Lipinski definition) is 1. The summed E-state index contributed by atoms with van der Waals surface area (Å²) in [6.45, 7) is 5.84. The standard InChI is InChI=1S/C12H17ClN2O/c1-12(2,3)11(14)10(16)6-8-4-5-15-7-9(8)13/h4-5,7,11H,6,14H2,1-3H3. The maximum absolute atomic E-state index is 11.9. The minimum absolute atomic E-state index is 0.000556. The second-order valence-electron chi connectivity index (χ2n) is 4.95. The molecule has 1 aromatic rings. The van der Waals surface area contributed by atoms with Crippen LogP contribution >= 0.6 is 11.6 Å². The highest BCUT2D eigenvalue weighted by Crippen LogP contribution is 2.21. The van der Waals surface area contributed by atoms with Crippen molar-refractivity contribution in [1.82, 2.24) is 4.98 Å². The van der Waals surface area contributed by atoms with Crippen molar-refractivity contribution in [3.8, 4) is 0 Å². The van der Waals surface area contributed by atoms with Crippen molar-refractivity contribution in [3.05, 3.63) is 29.0 Å². The molecule has 0 aliphatic heterocycles. The van der Waals surface area contributed by atoms with E-state index >= 15 is 0 Å². The molecule has 0 amide bonds. The number of aromatic nitrogens is 1. The van der Waals surface area contributed by atoms with Crippen LogP contribution in [0, 0.1) is 5.41 Å². The number of ketones is 1. The van der Waals surface area contributed by atoms with Crippen LogP contribution < -0.4 is 5.73 Å². The van der Waals surface area contributed by atoms with E-state index in [9.17, 15) is 4.79 Å². The SMILES string of the molecule is CC(C)(C)C(N)C(=O)Cc1ccncc1Cl. The van der Waals surface area contributed by atoms with Gasteiger partial charge in [0.15, 0.2) is 5.78 Å². The van der Waals surface area contributed by atoms with Gasteiger partial charge in [-0.15, -0.1) is 0 Å². The van der Waals surface area contributed by atoms with Crippen molar-refractivity contribution in [2.75, 3.05) is 0 Å². The zero-order chi connectivity index (χ0) is 12.3. The molecule has 1 aromatic heterocycles. The van der Waals surface area contributed by atoms with Crippen molar-refractivity contribution in [3.63, 3.8) is 0 Å². The van der Waals surface area contributed by atoms with E-state index in [4.69, 9.17) is 17.3 Å². The van der Waals surface area contributed by atoms with Crippen LogP contribution in [-0.2, 0) is 11.2 Å². The second kappa shape index (κ2) is 4.93. The number of rotatable bonds is 3. The first kappa shape index (κ1) is 13.1. The number of halogens is 1. The van der Waals surface area contributed by atoms with E-state index in [-0.39, 0.29) is 17.6 Å². The van der Waals surface area contributed by atoms with Gasteiger partial charge in [0.2, 0.25) is 0 Å². The Morgan fingerprint density at radius 3 is 2.69 bits per heavy atom. The predicted molar refractivity (Wildman–Crippen MR) is 65.4 cm³/mol. The minimum atomic E-state index is -0.475. The third-order valence-electron chi connectivity index (χ3n) is 2.50. The van der Waals surface area contributed by atoms with E-state index in [1.54, 1.807) is 12.3 Å². The fourth-order valence-corrected chi connectivity index (χ4v) is 1.51. The van der Waals surface area contributed by atoms with Gasteiger partial charge in [-0.2, -0.15) is 0 Å². The van der Waals surface area contributed by atoms with Crippen LogP contribution in [0.15, 0.2) is 18.5 Å². The second-order valence-corrected chi connectivity index (χ2v) is 5.36. The normalized spacial score (nSPS) is 13.6. The summed E-state index contributed by atoms with van der Waals surface area (Å²) in [6, 6.07) is 1.27. The molecule has 1 heterocycles. The molecule has 0 aliphatic rings. The molecule has 0 spiro atoms. The van der Waals surface area contributed by atoms with E-state index in [0.717, 1.165) is 5.56 Å². The molecular formula is C12H17ClN2O. The monoisotopic (exact) mass is 240 g/mol. The molecule has 0 radical (unpaired) electrons. The van der Waals surface area contributed by atoms with Crippen LogP contribution in [0.3, 0.4) is 0 Å². The number of carbonyl (C=O) groups is 1. The van der Waals surface area contributed by atoms with Gasteiger partial charge in [-0.1, -0.05) is 32.4 Å². The zero-order valence-electron chi connectivity index (χ0n) is 9.83. The first-order valence-electron chi connectivity index (χ1n) is 5.19. The van der Waals surface area contributed by atoms with Gasteiger partial charge in [-0.3, -0.25) is 9.78 Å². The largest absolute Gasteiger partial charge is 0.321 e. The Balaban J connectivity index is 2.76. The summed E-state index contributed by atoms with van der Waals surface area (Å²) in [5, 5.41) is 0.511. The Kier molecular flexibility index (Phi) is 4.05. The number of nitrogens with two attached hydrogens (primary N) is 1. The first-order valence-corrected chi connectivity index (χ1v) is 5.57. The van der Waals surface area contributed by atoms with E-state index in [0.29, 0.717) is 5.02 Å². The molecule has 0 saturated carbocycles. The maximum atomic E-state index is 11.9. The fourth-order valence-electron chi connectivity index (χ4n) is 1.33. The highest BCUT2D eigenvalue weighted by molar-refractivity contribution is 6.31. The molecule has 1 atom stereocenters. The van der Waals surface area contributed by atoms with Gasteiger partial charge in [-0.05, 0) is 17.0 Å². The maximum Gasteiger partial charge on any atom is 0.154 e. The predicted octanol–water partition coefficient (Wildman–Crippen LogP) is 2.22. The van der Waals surface area contributed by atoms with Crippen LogP contribution in [0.1, 0.15) is 26.3 Å². The summed E-state index contributed by atoms with van der Waals surface area (Å²) in [5.41, 5.74) is 6.44. The molecular weight excluding hydrogens is 224 g/mol. The molecule has 1 rings (SSSR count). The average molecular weight is 241 g/mol. The lowest BCUT2D eigenvalue weighted by molar-refractivity contribution is -0.121. The lowest BCUT2D eigenvalue weighted by Gasteiger charge is -2.25. The Morgan fingerprint density at radius 1 is 1.56 bits per heavy atom. The number of Topliss-reactive ketones (excluding diaryl/α,β-unsaturated/α-hetero) is 1. The number of hydrogen-bond acceptors (Lipinski definition) is 3. The summed E-state index contributed by atoms with van der Waals surface area (Å²) >= 11 is 5.93. The number of nitrogens with zero attached hydrogens (tertiary/aromatic N) is 1. The van der Waals surface area contributed by atoms with Gasteiger partial charge < -0.3 is 5.73 Å². The molecule has 88 valence electrons. The summed E-state index contributed by atoms with van der Waals surface area (Å²) in [7, 11) is 0. The third-order valence-corrected chi connectivity index (χ3v) is 2.84. The van der Waals surface area contributed by atoms with Crippen LogP contribution in [0.25, 0.3) is 0 Å². The Hall–Kier alpha value is -0.930. The quantitative estimate of drug-likeness (QED) is 0.882. The molecule has 16 heavy (non-hydrogen) atoms. The molecule has 0 bridgehead atoms. The van der Waals surface area contributed by atoms with Crippen LogP contribution in [0.2, 0.25) is 5.02 Å². The lowest BCUT2D eigenvalue weighted by Crippen LogP contribution is -2.43. The Labute approximate surface area is 101 Å². The van der Waals surface area contributed by atoms with Crippen molar-refractivity contribution >= 4 is 17.4 Å². The fraction of sp³-hybridized carbons (Fsp3) is 0.500. The van der Waals surface area contributed by atoms with Crippen molar-refractivity contribution < 1.29 is 4.79 Å².